The minimum Gasteiger partial charge on any atom is -0.354 e. The molecular weight excluding hydrogens is 432 g/mol. The number of rotatable bonds is 10. The summed E-state index contributed by atoms with van der Waals surface area (Å²) >= 11 is 0. The van der Waals surface area contributed by atoms with Crippen LogP contribution in [0.15, 0.2) is 0 Å². The molecule has 8 amide bonds. The molecule has 0 aliphatic carbocycles. The maximum absolute atomic E-state index is 13.1. The van der Waals surface area contributed by atoms with Gasteiger partial charge in [0.15, 0.2) is 0 Å². The molecular formula is C21H34N6O6. The summed E-state index contributed by atoms with van der Waals surface area (Å²) in [6.45, 7) is 9.69. The second-order valence-electron chi connectivity index (χ2n) is 9.00. The van der Waals surface area contributed by atoms with Gasteiger partial charge in [-0.25, -0.2) is 9.59 Å². The van der Waals surface area contributed by atoms with Crippen molar-refractivity contribution >= 4 is 35.7 Å². The van der Waals surface area contributed by atoms with Crippen LogP contribution in [-0.4, -0.2) is 99.2 Å². The van der Waals surface area contributed by atoms with Gasteiger partial charge in [0.05, 0.1) is 0 Å². The van der Waals surface area contributed by atoms with Gasteiger partial charge in [-0.3, -0.25) is 38.8 Å². The molecule has 0 atom stereocenters. The van der Waals surface area contributed by atoms with Gasteiger partial charge in [0.25, 0.3) is 11.8 Å². The monoisotopic (exact) mass is 466 g/mol. The van der Waals surface area contributed by atoms with Gasteiger partial charge in [-0.2, -0.15) is 0 Å². The van der Waals surface area contributed by atoms with E-state index in [0.29, 0.717) is 0 Å². The molecule has 184 valence electrons. The summed E-state index contributed by atoms with van der Waals surface area (Å²) in [7, 11) is 0. The first-order valence-corrected chi connectivity index (χ1v) is 11.1. The molecule has 33 heavy (non-hydrogen) atoms. The summed E-state index contributed by atoms with van der Waals surface area (Å²) in [4.78, 5) is 79.4. The highest BCUT2D eigenvalue weighted by atomic mass is 16.2. The normalized spacial score (nSPS) is 19.6. The van der Waals surface area contributed by atoms with E-state index in [1.807, 2.05) is 0 Å². The highest BCUT2D eigenvalue weighted by molar-refractivity contribution is 6.08. The maximum Gasteiger partial charge on any atom is 0.329 e. The smallest absolute Gasteiger partial charge is 0.329 e. The molecule has 2 rings (SSSR count). The Bertz CT molecular complexity index is 786. The Morgan fingerprint density at radius 2 is 1.03 bits per heavy atom. The first kappa shape index (κ1) is 26.1. The molecule has 2 aliphatic heterocycles. The zero-order chi connectivity index (χ0) is 25.1. The van der Waals surface area contributed by atoms with Crippen molar-refractivity contribution in [3.05, 3.63) is 0 Å². The molecule has 0 saturated carbocycles. The molecule has 0 aromatic heterocycles. The summed E-state index contributed by atoms with van der Waals surface area (Å²) in [5.41, 5.74) is -2.48. The lowest BCUT2D eigenvalue weighted by Gasteiger charge is -2.36. The molecule has 2 saturated heterocycles. The van der Waals surface area contributed by atoms with Crippen molar-refractivity contribution in [2.45, 2.75) is 65.5 Å². The van der Waals surface area contributed by atoms with Crippen molar-refractivity contribution in [3.63, 3.8) is 0 Å². The molecule has 2 N–H and O–H groups in total. The highest BCUT2D eigenvalue weighted by Gasteiger charge is 2.56. The molecule has 0 aromatic carbocycles. The second-order valence-corrected chi connectivity index (χ2v) is 9.00. The van der Waals surface area contributed by atoms with Gasteiger partial charge in [-0.05, 0) is 27.7 Å². The fraction of sp³-hybridized carbons (Fsp3) is 0.714. The molecule has 12 nitrogen and oxygen atoms in total. The molecule has 2 aliphatic rings. The Morgan fingerprint density at radius 3 is 1.33 bits per heavy atom. The maximum atomic E-state index is 13.1. The highest BCUT2D eigenvalue weighted by Crippen LogP contribution is 2.33. The number of urea groups is 2. The third-order valence-corrected chi connectivity index (χ3v) is 6.05. The van der Waals surface area contributed by atoms with Crippen LogP contribution in [0.3, 0.4) is 0 Å². The Balaban J connectivity index is 2.15. The number of hydrogen-bond acceptors (Lipinski definition) is 6. The number of carbonyl (C=O) groups excluding carboxylic acids is 6. The Hall–Kier alpha value is -3.18. The van der Waals surface area contributed by atoms with E-state index < -0.39 is 35.0 Å². The minimum atomic E-state index is -1.24. The first-order valence-electron chi connectivity index (χ1n) is 11.1. The van der Waals surface area contributed by atoms with Crippen LogP contribution in [0.2, 0.25) is 0 Å². The van der Waals surface area contributed by atoms with Crippen molar-refractivity contribution in [3.8, 4) is 0 Å². The van der Waals surface area contributed by atoms with E-state index in [-0.39, 0.29) is 57.5 Å². The van der Waals surface area contributed by atoms with Gasteiger partial charge in [0, 0.05) is 39.0 Å². The summed E-state index contributed by atoms with van der Waals surface area (Å²) in [5, 5.41) is 5.26. The molecule has 0 unspecified atom stereocenters. The van der Waals surface area contributed by atoms with E-state index in [1.54, 1.807) is 41.5 Å². The van der Waals surface area contributed by atoms with Gasteiger partial charge in [-0.1, -0.05) is 13.8 Å². The average Bonchev–Trinajstić information content (AvgIpc) is 3.02. The number of imide groups is 2. The number of amides is 8. The Labute approximate surface area is 193 Å². The minimum absolute atomic E-state index is 0.00284. The quantitative estimate of drug-likeness (QED) is 0.437. The van der Waals surface area contributed by atoms with Gasteiger partial charge in [-0.15, -0.1) is 0 Å². The summed E-state index contributed by atoms with van der Waals surface area (Å²) < 4.78 is 0. The predicted octanol–water partition coefficient (Wildman–Crippen LogP) is 0.0819. The van der Waals surface area contributed by atoms with Crippen LogP contribution in [0, 0.1) is 0 Å². The van der Waals surface area contributed by atoms with Crippen molar-refractivity contribution < 1.29 is 28.8 Å². The van der Waals surface area contributed by atoms with Crippen LogP contribution >= 0.6 is 0 Å². The lowest BCUT2D eigenvalue weighted by atomic mass is 10.0. The van der Waals surface area contributed by atoms with Gasteiger partial charge in [0.1, 0.15) is 17.7 Å². The molecule has 0 spiro atoms. The van der Waals surface area contributed by atoms with Crippen molar-refractivity contribution in [2.75, 3.05) is 32.8 Å². The second kappa shape index (κ2) is 9.75. The van der Waals surface area contributed by atoms with Crippen molar-refractivity contribution in [2.24, 2.45) is 0 Å². The van der Waals surface area contributed by atoms with Crippen LogP contribution in [0.1, 0.15) is 54.4 Å². The molecule has 0 aromatic rings. The standard InChI is InChI=1S/C21H34N6O6/c1-7-14(28)22-9-11-24-16(30)20(3,4)26(18(24)32)13-27-19(33)25(17(31)21(27,5)6)12-10-23-15(29)8-2/h7-13H2,1-6H3,(H,22,28)(H,23,29). The van der Waals surface area contributed by atoms with Crippen LogP contribution in [0.5, 0.6) is 0 Å². The lowest BCUT2D eigenvalue weighted by Crippen LogP contribution is -2.55. The zero-order valence-electron chi connectivity index (χ0n) is 20.2. The van der Waals surface area contributed by atoms with Gasteiger partial charge >= 0.3 is 12.1 Å². The van der Waals surface area contributed by atoms with Crippen LogP contribution in [0.25, 0.3) is 0 Å². The van der Waals surface area contributed by atoms with E-state index in [2.05, 4.69) is 10.6 Å². The van der Waals surface area contributed by atoms with E-state index >= 15 is 0 Å². The van der Waals surface area contributed by atoms with Crippen LogP contribution in [0.4, 0.5) is 9.59 Å². The van der Waals surface area contributed by atoms with Crippen molar-refractivity contribution in [1.82, 2.24) is 30.2 Å². The summed E-state index contributed by atoms with van der Waals surface area (Å²) in [5.74, 6) is -1.28. The molecule has 2 heterocycles. The third kappa shape index (κ3) is 4.93. The summed E-state index contributed by atoms with van der Waals surface area (Å²) in [6.07, 6.45) is 0.580. The fourth-order valence-electron chi connectivity index (χ4n) is 3.71. The fourth-order valence-corrected chi connectivity index (χ4v) is 3.71. The number of hydrogen-bond donors (Lipinski definition) is 2. The molecule has 0 radical (unpaired) electrons. The van der Waals surface area contributed by atoms with Crippen molar-refractivity contribution in [1.29, 1.82) is 0 Å². The Kier molecular flexibility index (Phi) is 7.71. The Morgan fingerprint density at radius 1 is 0.697 bits per heavy atom. The van der Waals surface area contributed by atoms with Gasteiger partial charge in [0.2, 0.25) is 11.8 Å². The van der Waals surface area contributed by atoms with E-state index in [0.717, 1.165) is 9.80 Å². The number of nitrogens with zero attached hydrogens (tertiary/aromatic N) is 4. The average molecular weight is 467 g/mol. The molecule has 12 heteroatoms. The SMILES string of the molecule is CCC(=O)NCCN1C(=O)N(CN2C(=O)N(CCNC(=O)CC)C(=O)C2(C)C)C(C)(C)C1=O. The van der Waals surface area contributed by atoms with E-state index in [1.165, 1.54) is 9.80 Å². The topological polar surface area (TPSA) is 139 Å². The molecule has 2 fully saturated rings. The van der Waals surface area contributed by atoms with E-state index in [4.69, 9.17) is 0 Å². The predicted molar refractivity (Wildman–Crippen MR) is 118 cm³/mol. The van der Waals surface area contributed by atoms with Crippen LogP contribution < -0.4 is 10.6 Å². The third-order valence-electron chi connectivity index (χ3n) is 6.05. The number of nitrogens with one attached hydrogen (secondary N) is 2. The van der Waals surface area contributed by atoms with Crippen LogP contribution in [-0.2, 0) is 19.2 Å². The number of carbonyl (C=O) groups is 6. The van der Waals surface area contributed by atoms with E-state index in [9.17, 15) is 28.8 Å². The largest absolute Gasteiger partial charge is 0.354 e. The lowest BCUT2D eigenvalue weighted by molar-refractivity contribution is -0.133. The summed E-state index contributed by atoms with van der Waals surface area (Å²) in [6, 6.07) is -1.19. The zero-order valence-corrected chi connectivity index (χ0v) is 20.2. The van der Waals surface area contributed by atoms with Gasteiger partial charge < -0.3 is 10.6 Å². The molecule has 0 bridgehead atoms. The first-order chi connectivity index (χ1) is 15.3.